The summed E-state index contributed by atoms with van der Waals surface area (Å²) in [6.07, 6.45) is 0. The summed E-state index contributed by atoms with van der Waals surface area (Å²) in [7, 11) is 0. The monoisotopic (exact) mass is 240 g/mol. The zero-order chi connectivity index (χ0) is 11.5. The molecule has 5 heteroatoms. The summed E-state index contributed by atoms with van der Waals surface area (Å²) >= 11 is 1.72. The van der Waals surface area contributed by atoms with Gasteiger partial charge in [0.1, 0.15) is 5.82 Å². The lowest BCUT2D eigenvalue weighted by Crippen LogP contribution is -2.36. The molecule has 1 aliphatic rings. The molecule has 1 N–H and O–H groups in total. The van der Waals surface area contributed by atoms with Crippen molar-refractivity contribution in [2.24, 2.45) is 0 Å². The van der Waals surface area contributed by atoms with Crippen LogP contribution in [0, 0.1) is 5.82 Å². The van der Waals surface area contributed by atoms with Gasteiger partial charge in [0.15, 0.2) is 0 Å². The number of carbonyl (C=O) groups excluding carboxylic acids is 1. The summed E-state index contributed by atoms with van der Waals surface area (Å²) in [4.78, 5) is 13.5. The number of halogens is 1. The van der Waals surface area contributed by atoms with Crippen LogP contribution in [0.5, 0.6) is 0 Å². The fourth-order valence-electron chi connectivity index (χ4n) is 1.61. The molecule has 1 atom stereocenters. The smallest absolute Gasteiger partial charge is 0.312 e. The first-order valence-electron chi connectivity index (χ1n) is 5.12. The van der Waals surface area contributed by atoms with Crippen molar-refractivity contribution in [1.82, 2.24) is 4.90 Å². The van der Waals surface area contributed by atoms with E-state index in [-0.39, 0.29) is 17.1 Å². The van der Waals surface area contributed by atoms with Gasteiger partial charge in [-0.1, -0.05) is 12.1 Å². The Bertz CT molecular complexity index is 399. The molecule has 0 aromatic heterocycles. The Morgan fingerprint density at radius 2 is 2.31 bits per heavy atom. The van der Waals surface area contributed by atoms with Gasteiger partial charge in [-0.05, 0) is 19.1 Å². The highest BCUT2D eigenvalue weighted by Gasteiger charge is 2.25. The summed E-state index contributed by atoms with van der Waals surface area (Å²) in [6.45, 7) is 2.69. The molecule has 1 aromatic rings. The number of rotatable bonds is 1. The molecule has 86 valence electrons. The number of thioether (sulfide) groups is 1. The minimum Gasteiger partial charge on any atom is -0.312 e. The molecule has 0 radical (unpaired) electrons. The molecule has 0 bridgehead atoms. The van der Waals surface area contributed by atoms with E-state index in [2.05, 4.69) is 5.32 Å². The van der Waals surface area contributed by atoms with E-state index in [4.69, 9.17) is 0 Å². The highest BCUT2D eigenvalue weighted by atomic mass is 32.2. The van der Waals surface area contributed by atoms with Gasteiger partial charge in [0.25, 0.3) is 0 Å². The van der Waals surface area contributed by atoms with Crippen molar-refractivity contribution >= 4 is 23.5 Å². The Morgan fingerprint density at radius 3 is 2.94 bits per heavy atom. The van der Waals surface area contributed by atoms with Gasteiger partial charge in [0.05, 0.1) is 11.1 Å². The van der Waals surface area contributed by atoms with Crippen LogP contribution in [0.3, 0.4) is 0 Å². The third-order valence-electron chi connectivity index (χ3n) is 2.51. The second-order valence-electron chi connectivity index (χ2n) is 3.57. The lowest BCUT2D eigenvalue weighted by Gasteiger charge is -2.20. The van der Waals surface area contributed by atoms with Gasteiger partial charge in [-0.15, -0.1) is 11.8 Å². The highest BCUT2D eigenvalue weighted by molar-refractivity contribution is 8.00. The molecule has 2 rings (SSSR count). The van der Waals surface area contributed by atoms with Crippen molar-refractivity contribution in [2.45, 2.75) is 12.3 Å². The van der Waals surface area contributed by atoms with Crippen molar-refractivity contribution in [3.63, 3.8) is 0 Å². The van der Waals surface area contributed by atoms with Crippen molar-refractivity contribution in [3.8, 4) is 0 Å². The number of amides is 2. The molecule has 1 fully saturated rings. The fraction of sp³-hybridized carbons (Fsp3) is 0.364. The molecule has 1 heterocycles. The number of benzene rings is 1. The Morgan fingerprint density at radius 1 is 1.56 bits per heavy atom. The third kappa shape index (κ3) is 2.29. The van der Waals surface area contributed by atoms with Gasteiger partial charge in [-0.3, -0.25) is 0 Å². The zero-order valence-corrected chi connectivity index (χ0v) is 9.76. The van der Waals surface area contributed by atoms with E-state index >= 15 is 0 Å². The maximum Gasteiger partial charge on any atom is 0.322 e. The molecule has 16 heavy (non-hydrogen) atoms. The van der Waals surface area contributed by atoms with Crippen molar-refractivity contribution in [2.75, 3.05) is 17.6 Å². The Balaban J connectivity index is 2.05. The minimum absolute atomic E-state index is 0.159. The van der Waals surface area contributed by atoms with Gasteiger partial charge in [0, 0.05) is 12.3 Å². The van der Waals surface area contributed by atoms with Crippen molar-refractivity contribution in [3.05, 3.63) is 30.1 Å². The lowest BCUT2D eigenvalue weighted by molar-refractivity contribution is 0.216. The molecule has 0 aliphatic carbocycles. The number of carbonyl (C=O) groups is 1. The van der Waals surface area contributed by atoms with E-state index in [9.17, 15) is 9.18 Å². The average Bonchev–Trinajstić information content (AvgIpc) is 2.68. The first-order valence-corrected chi connectivity index (χ1v) is 6.17. The van der Waals surface area contributed by atoms with E-state index in [0.29, 0.717) is 6.54 Å². The standard InChI is InChI=1S/C11H13FN2OS/c1-8-14(6-7-16-8)11(15)13-10-5-3-2-4-9(10)12/h2-5,8H,6-7H2,1H3,(H,13,15). The molecule has 1 aliphatic heterocycles. The van der Waals surface area contributed by atoms with E-state index in [1.807, 2.05) is 6.92 Å². The molecule has 1 saturated heterocycles. The van der Waals surface area contributed by atoms with E-state index < -0.39 is 5.82 Å². The van der Waals surface area contributed by atoms with Crippen LogP contribution in [-0.2, 0) is 0 Å². The molecular formula is C11H13FN2OS. The predicted molar refractivity (Wildman–Crippen MR) is 64.0 cm³/mol. The van der Waals surface area contributed by atoms with Gasteiger partial charge in [0.2, 0.25) is 0 Å². The number of urea groups is 1. The molecule has 2 amide bonds. The SMILES string of the molecule is CC1SCCN1C(=O)Nc1ccccc1F. The second kappa shape index (κ2) is 4.74. The number of nitrogens with one attached hydrogen (secondary N) is 1. The van der Waals surface area contributed by atoms with E-state index in [1.54, 1.807) is 34.9 Å². The van der Waals surface area contributed by atoms with E-state index in [0.717, 1.165) is 5.75 Å². The van der Waals surface area contributed by atoms with Crippen LogP contribution in [0.25, 0.3) is 0 Å². The van der Waals surface area contributed by atoms with Gasteiger partial charge in [-0.2, -0.15) is 0 Å². The first kappa shape index (κ1) is 11.3. The minimum atomic E-state index is -0.407. The summed E-state index contributed by atoms with van der Waals surface area (Å²) in [6, 6.07) is 5.95. The summed E-state index contributed by atoms with van der Waals surface area (Å²) in [5, 5.41) is 2.74. The van der Waals surface area contributed by atoms with Crippen LogP contribution in [0.2, 0.25) is 0 Å². The normalized spacial score (nSPS) is 19.9. The highest BCUT2D eigenvalue weighted by Crippen LogP contribution is 2.24. The van der Waals surface area contributed by atoms with Crippen LogP contribution < -0.4 is 5.32 Å². The van der Waals surface area contributed by atoms with Crippen LogP contribution in [0.4, 0.5) is 14.9 Å². The second-order valence-corrected chi connectivity index (χ2v) is 5.00. The summed E-state index contributed by atoms with van der Waals surface area (Å²) < 4.78 is 13.3. The molecule has 1 aromatic carbocycles. The zero-order valence-electron chi connectivity index (χ0n) is 8.94. The van der Waals surface area contributed by atoms with Crippen LogP contribution >= 0.6 is 11.8 Å². The molecule has 1 unspecified atom stereocenters. The van der Waals surface area contributed by atoms with Gasteiger partial charge < -0.3 is 10.2 Å². The third-order valence-corrected chi connectivity index (χ3v) is 3.66. The van der Waals surface area contributed by atoms with Crippen molar-refractivity contribution < 1.29 is 9.18 Å². The predicted octanol–water partition coefficient (Wildman–Crippen LogP) is 2.75. The van der Waals surface area contributed by atoms with Crippen LogP contribution in [-0.4, -0.2) is 28.6 Å². The van der Waals surface area contributed by atoms with Gasteiger partial charge >= 0.3 is 6.03 Å². The first-order chi connectivity index (χ1) is 7.68. The van der Waals surface area contributed by atoms with Crippen molar-refractivity contribution in [1.29, 1.82) is 0 Å². The summed E-state index contributed by atoms with van der Waals surface area (Å²) in [5.41, 5.74) is 0.233. The lowest BCUT2D eigenvalue weighted by atomic mass is 10.3. The summed E-state index contributed by atoms with van der Waals surface area (Å²) in [5.74, 6) is 0.529. The topological polar surface area (TPSA) is 32.3 Å². The number of para-hydroxylation sites is 1. The molecular weight excluding hydrogens is 227 g/mol. The number of hydrogen-bond acceptors (Lipinski definition) is 2. The Kier molecular flexibility index (Phi) is 3.33. The quantitative estimate of drug-likeness (QED) is 0.818. The number of anilines is 1. The average molecular weight is 240 g/mol. The molecule has 0 spiro atoms. The van der Waals surface area contributed by atoms with Gasteiger partial charge in [-0.25, -0.2) is 9.18 Å². The largest absolute Gasteiger partial charge is 0.322 e. The Hall–Kier alpha value is -1.23. The maximum atomic E-state index is 13.3. The number of nitrogens with zero attached hydrogens (tertiary/aromatic N) is 1. The van der Waals surface area contributed by atoms with Crippen LogP contribution in [0.1, 0.15) is 6.92 Å². The molecule has 3 nitrogen and oxygen atoms in total. The fourth-order valence-corrected chi connectivity index (χ4v) is 2.63. The van der Waals surface area contributed by atoms with E-state index in [1.165, 1.54) is 6.07 Å². The molecule has 0 saturated carbocycles. The maximum absolute atomic E-state index is 13.3. The van der Waals surface area contributed by atoms with Crippen LogP contribution in [0.15, 0.2) is 24.3 Å². The Labute approximate surface area is 98.0 Å². The number of hydrogen-bond donors (Lipinski definition) is 1.